The molecule has 0 amide bonds. The molecule has 0 aromatic heterocycles. The van der Waals surface area contributed by atoms with Crippen LogP contribution >= 0.6 is 0 Å². The summed E-state index contributed by atoms with van der Waals surface area (Å²) >= 11 is 0. The minimum atomic E-state index is -4.17. The zero-order chi connectivity index (χ0) is 15.5. The molecule has 1 fully saturated rings. The molecule has 1 aromatic rings. The number of piperazine rings is 1. The van der Waals surface area contributed by atoms with Gasteiger partial charge in [-0.1, -0.05) is 17.7 Å². The summed E-state index contributed by atoms with van der Waals surface area (Å²) in [4.78, 5) is 2.02. The van der Waals surface area contributed by atoms with Gasteiger partial charge in [0.25, 0.3) is 0 Å². The van der Waals surface area contributed by atoms with Gasteiger partial charge in [-0.15, -0.1) is 0 Å². The van der Waals surface area contributed by atoms with Gasteiger partial charge in [0.15, 0.2) is 0 Å². The first kappa shape index (κ1) is 16.1. The molecule has 1 saturated heterocycles. The van der Waals surface area contributed by atoms with Gasteiger partial charge in [0.2, 0.25) is 0 Å². The fourth-order valence-corrected chi connectivity index (χ4v) is 2.77. The molecule has 6 heteroatoms. The van der Waals surface area contributed by atoms with Crippen molar-refractivity contribution in [2.45, 2.75) is 32.0 Å². The Morgan fingerprint density at radius 3 is 2.57 bits per heavy atom. The number of hydrogen-bond donors (Lipinski definition) is 2. The fraction of sp³-hybridized carbons (Fsp3) is 0.600. The van der Waals surface area contributed by atoms with Crippen molar-refractivity contribution in [1.29, 1.82) is 0 Å². The summed E-state index contributed by atoms with van der Waals surface area (Å²) in [6, 6.07) is 4.72. The monoisotopic (exact) mass is 302 g/mol. The van der Waals surface area contributed by atoms with E-state index >= 15 is 0 Å². The number of halogens is 3. The summed E-state index contributed by atoms with van der Waals surface area (Å²) in [6.45, 7) is 4.78. The molecule has 1 aliphatic heterocycles. The van der Waals surface area contributed by atoms with Crippen molar-refractivity contribution in [3.8, 4) is 5.75 Å². The van der Waals surface area contributed by atoms with E-state index in [1.807, 2.05) is 11.8 Å². The van der Waals surface area contributed by atoms with E-state index in [1.54, 1.807) is 18.2 Å². The molecule has 0 saturated carbocycles. The SMILES string of the molecule is Cc1ccc(O)c([C@H](CCC(F)(F)F)N2CCNCC2)c1. The van der Waals surface area contributed by atoms with Gasteiger partial charge in [-0.25, -0.2) is 0 Å². The normalized spacial score (nSPS) is 18.7. The van der Waals surface area contributed by atoms with Gasteiger partial charge in [-0.05, 0) is 19.4 Å². The van der Waals surface area contributed by atoms with E-state index in [1.165, 1.54) is 0 Å². The molecule has 1 aromatic carbocycles. The second kappa shape index (κ2) is 6.66. The number of phenolic OH excluding ortho intramolecular Hbond substituents is 1. The fourth-order valence-electron chi connectivity index (χ4n) is 2.77. The third kappa shape index (κ3) is 4.61. The first-order valence-corrected chi connectivity index (χ1v) is 7.18. The lowest BCUT2D eigenvalue weighted by molar-refractivity contribution is -0.138. The summed E-state index contributed by atoms with van der Waals surface area (Å²) in [5.74, 6) is 0.0753. The van der Waals surface area contributed by atoms with Crippen molar-refractivity contribution in [2.75, 3.05) is 26.2 Å². The molecule has 2 N–H and O–H groups in total. The lowest BCUT2D eigenvalue weighted by Crippen LogP contribution is -2.45. The number of alkyl halides is 3. The van der Waals surface area contributed by atoms with E-state index in [4.69, 9.17) is 0 Å². The molecular formula is C15H21F3N2O. The molecule has 0 aliphatic carbocycles. The van der Waals surface area contributed by atoms with E-state index in [-0.39, 0.29) is 12.2 Å². The number of phenols is 1. The Kier molecular flexibility index (Phi) is 5.11. The van der Waals surface area contributed by atoms with Crippen LogP contribution in [0.3, 0.4) is 0 Å². The van der Waals surface area contributed by atoms with Crippen molar-refractivity contribution in [3.05, 3.63) is 29.3 Å². The number of nitrogens with zero attached hydrogens (tertiary/aromatic N) is 1. The van der Waals surface area contributed by atoms with Gasteiger partial charge in [0.1, 0.15) is 5.75 Å². The molecule has 3 nitrogen and oxygen atoms in total. The van der Waals surface area contributed by atoms with Crippen LogP contribution in [0, 0.1) is 6.92 Å². The average Bonchev–Trinajstić information content (AvgIpc) is 2.43. The molecule has 1 heterocycles. The maximum atomic E-state index is 12.6. The van der Waals surface area contributed by atoms with Crippen LogP contribution in [-0.4, -0.2) is 42.4 Å². The number of aromatic hydroxyl groups is 1. The van der Waals surface area contributed by atoms with Crippen molar-refractivity contribution in [2.24, 2.45) is 0 Å². The van der Waals surface area contributed by atoms with E-state index < -0.39 is 18.6 Å². The second-order valence-electron chi connectivity index (χ2n) is 5.52. The van der Waals surface area contributed by atoms with Crippen LogP contribution in [0.25, 0.3) is 0 Å². The third-order valence-electron chi connectivity index (χ3n) is 3.84. The second-order valence-corrected chi connectivity index (χ2v) is 5.52. The topological polar surface area (TPSA) is 35.5 Å². The Bertz CT molecular complexity index is 470. The maximum Gasteiger partial charge on any atom is 0.389 e. The van der Waals surface area contributed by atoms with E-state index in [0.29, 0.717) is 18.7 Å². The van der Waals surface area contributed by atoms with E-state index in [9.17, 15) is 18.3 Å². The highest BCUT2D eigenvalue weighted by Crippen LogP contribution is 2.36. The third-order valence-corrected chi connectivity index (χ3v) is 3.84. The predicted octanol–water partition coefficient (Wildman–Crippen LogP) is 2.99. The van der Waals surface area contributed by atoms with Crippen LogP contribution in [0.5, 0.6) is 5.75 Å². The number of aryl methyl sites for hydroxylation is 1. The van der Waals surface area contributed by atoms with Crippen molar-refractivity contribution in [1.82, 2.24) is 10.2 Å². The predicted molar refractivity (Wildman–Crippen MR) is 75.3 cm³/mol. The van der Waals surface area contributed by atoms with E-state index in [0.717, 1.165) is 18.7 Å². The maximum absolute atomic E-state index is 12.6. The van der Waals surface area contributed by atoms with Gasteiger partial charge in [0.05, 0.1) is 0 Å². The first-order chi connectivity index (χ1) is 9.87. The van der Waals surface area contributed by atoms with Gasteiger partial charge in [0, 0.05) is 44.2 Å². The quantitative estimate of drug-likeness (QED) is 0.897. The van der Waals surface area contributed by atoms with Crippen LogP contribution in [0.4, 0.5) is 13.2 Å². The van der Waals surface area contributed by atoms with E-state index in [2.05, 4.69) is 5.32 Å². The Morgan fingerprint density at radius 2 is 1.95 bits per heavy atom. The summed E-state index contributed by atoms with van der Waals surface area (Å²) in [7, 11) is 0. The summed E-state index contributed by atoms with van der Waals surface area (Å²) in [5.41, 5.74) is 1.54. The zero-order valence-electron chi connectivity index (χ0n) is 12.1. The van der Waals surface area contributed by atoms with Crippen molar-refractivity contribution >= 4 is 0 Å². The number of hydrogen-bond acceptors (Lipinski definition) is 3. The minimum absolute atomic E-state index is 0.0273. The highest BCUT2D eigenvalue weighted by Gasteiger charge is 2.32. The number of rotatable bonds is 4. The highest BCUT2D eigenvalue weighted by atomic mass is 19.4. The van der Waals surface area contributed by atoms with Gasteiger partial charge in [-0.3, -0.25) is 4.90 Å². The number of nitrogens with one attached hydrogen (secondary N) is 1. The molecule has 0 radical (unpaired) electrons. The summed E-state index contributed by atoms with van der Waals surface area (Å²) < 4.78 is 37.8. The van der Waals surface area contributed by atoms with Crippen molar-refractivity contribution in [3.63, 3.8) is 0 Å². The molecule has 1 atom stereocenters. The highest BCUT2D eigenvalue weighted by molar-refractivity contribution is 5.38. The molecule has 0 bridgehead atoms. The number of benzene rings is 1. The van der Waals surface area contributed by atoms with Gasteiger partial charge < -0.3 is 10.4 Å². The minimum Gasteiger partial charge on any atom is -0.508 e. The smallest absolute Gasteiger partial charge is 0.389 e. The van der Waals surface area contributed by atoms with Crippen LogP contribution in [0.15, 0.2) is 18.2 Å². The Balaban J connectivity index is 2.23. The molecule has 1 aliphatic rings. The van der Waals surface area contributed by atoms with Crippen LogP contribution in [0.2, 0.25) is 0 Å². The average molecular weight is 302 g/mol. The first-order valence-electron chi connectivity index (χ1n) is 7.18. The van der Waals surface area contributed by atoms with Crippen LogP contribution in [-0.2, 0) is 0 Å². The van der Waals surface area contributed by atoms with Crippen LogP contribution < -0.4 is 5.32 Å². The lowest BCUT2D eigenvalue weighted by atomic mass is 9.97. The van der Waals surface area contributed by atoms with Gasteiger partial charge >= 0.3 is 6.18 Å². The molecule has 118 valence electrons. The molecule has 21 heavy (non-hydrogen) atoms. The largest absolute Gasteiger partial charge is 0.508 e. The Labute approximate surface area is 122 Å². The molecular weight excluding hydrogens is 281 g/mol. The lowest BCUT2D eigenvalue weighted by Gasteiger charge is -2.35. The van der Waals surface area contributed by atoms with Gasteiger partial charge in [-0.2, -0.15) is 13.2 Å². The molecule has 0 spiro atoms. The molecule has 0 unspecified atom stereocenters. The summed E-state index contributed by atoms with van der Waals surface area (Å²) in [5, 5.41) is 13.2. The standard InChI is InChI=1S/C15H21F3N2O/c1-11-2-3-14(21)12(10-11)13(4-5-15(16,17)18)20-8-6-19-7-9-20/h2-3,10,13,19,21H,4-9H2,1H3/t13-/m0/s1. The Hall–Kier alpha value is -1.27. The Morgan fingerprint density at radius 1 is 1.29 bits per heavy atom. The summed E-state index contributed by atoms with van der Waals surface area (Å²) in [6.07, 6.45) is -5.04. The molecule has 2 rings (SSSR count). The van der Waals surface area contributed by atoms with Crippen LogP contribution in [0.1, 0.15) is 30.0 Å². The van der Waals surface area contributed by atoms with Crippen molar-refractivity contribution < 1.29 is 18.3 Å². The zero-order valence-corrected chi connectivity index (χ0v) is 12.1.